The molecule has 1 unspecified atom stereocenters. The SMILES string of the molecule is O=C(N[C@H]1C[C@H]1[C@H]1C[C@H]1C(=O)O)C1CCc2[nH]ncc2C1. The number of carboxylic acid groups (broad SMARTS) is 1. The average molecular weight is 289 g/mol. The van der Waals surface area contributed by atoms with Crippen LogP contribution < -0.4 is 5.32 Å². The maximum Gasteiger partial charge on any atom is 0.306 e. The Morgan fingerprint density at radius 3 is 2.95 bits per heavy atom. The van der Waals surface area contributed by atoms with Crippen LogP contribution in [0.15, 0.2) is 6.20 Å². The molecule has 5 atom stereocenters. The minimum absolute atomic E-state index is 0.0332. The van der Waals surface area contributed by atoms with Gasteiger partial charge in [0.05, 0.1) is 12.1 Å². The van der Waals surface area contributed by atoms with E-state index >= 15 is 0 Å². The van der Waals surface area contributed by atoms with Crippen molar-refractivity contribution in [3.8, 4) is 0 Å². The van der Waals surface area contributed by atoms with Crippen molar-refractivity contribution in [2.75, 3.05) is 0 Å². The highest BCUT2D eigenvalue weighted by Crippen LogP contribution is 2.54. The number of H-pyrrole nitrogens is 1. The van der Waals surface area contributed by atoms with Crippen LogP contribution in [-0.2, 0) is 22.4 Å². The van der Waals surface area contributed by atoms with Gasteiger partial charge in [0, 0.05) is 17.7 Å². The van der Waals surface area contributed by atoms with Crippen molar-refractivity contribution in [2.45, 2.75) is 38.1 Å². The second kappa shape index (κ2) is 4.58. The van der Waals surface area contributed by atoms with Gasteiger partial charge in [0.15, 0.2) is 0 Å². The van der Waals surface area contributed by atoms with E-state index in [-0.39, 0.29) is 23.8 Å². The van der Waals surface area contributed by atoms with Crippen molar-refractivity contribution in [1.29, 1.82) is 0 Å². The van der Waals surface area contributed by atoms with Gasteiger partial charge in [-0.2, -0.15) is 5.10 Å². The van der Waals surface area contributed by atoms with Crippen LogP contribution in [0.4, 0.5) is 0 Å². The number of rotatable bonds is 4. The summed E-state index contributed by atoms with van der Waals surface area (Å²) in [6.45, 7) is 0. The zero-order chi connectivity index (χ0) is 14.6. The Bertz CT molecular complexity index is 597. The Hall–Kier alpha value is -1.85. The minimum atomic E-state index is -0.684. The number of carbonyl (C=O) groups is 2. The van der Waals surface area contributed by atoms with Crippen molar-refractivity contribution >= 4 is 11.9 Å². The van der Waals surface area contributed by atoms with Gasteiger partial charge in [-0.05, 0) is 49.5 Å². The molecule has 6 nitrogen and oxygen atoms in total. The first kappa shape index (κ1) is 12.9. The van der Waals surface area contributed by atoms with E-state index in [9.17, 15) is 9.59 Å². The Labute approximate surface area is 122 Å². The molecular weight excluding hydrogens is 270 g/mol. The fourth-order valence-corrected chi connectivity index (χ4v) is 3.77. The van der Waals surface area contributed by atoms with E-state index < -0.39 is 5.97 Å². The van der Waals surface area contributed by atoms with E-state index in [1.165, 1.54) is 0 Å². The van der Waals surface area contributed by atoms with Crippen LogP contribution in [0, 0.1) is 23.7 Å². The molecule has 3 N–H and O–H groups in total. The standard InChI is InChI=1S/C15H19N3O3/c19-14(7-1-2-12-8(3-7)6-16-18-12)17-13-5-10(13)9-4-11(9)15(20)21/h6-7,9-11,13H,1-5H2,(H,16,18)(H,17,19)(H,20,21)/t7?,9-,10+,11-,13+/m1/s1. The highest BCUT2D eigenvalue weighted by atomic mass is 16.4. The Balaban J connectivity index is 1.29. The van der Waals surface area contributed by atoms with Gasteiger partial charge < -0.3 is 10.4 Å². The molecular formula is C15H19N3O3. The lowest BCUT2D eigenvalue weighted by molar-refractivity contribution is -0.138. The average Bonchev–Trinajstić information content (AvgIpc) is 3.34. The molecule has 0 bridgehead atoms. The number of hydrogen-bond acceptors (Lipinski definition) is 3. The molecule has 2 saturated carbocycles. The summed E-state index contributed by atoms with van der Waals surface area (Å²) < 4.78 is 0. The number of nitrogens with one attached hydrogen (secondary N) is 2. The Kier molecular flexibility index (Phi) is 2.80. The van der Waals surface area contributed by atoms with E-state index in [4.69, 9.17) is 5.11 Å². The fourth-order valence-electron chi connectivity index (χ4n) is 3.77. The molecule has 0 spiro atoms. The van der Waals surface area contributed by atoms with E-state index in [2.05, 4.69) is 15.5 Å². The van der Waals surface area contributed by atoms with Crippen LogP contribution in [0.2, 0.25) is 0 Å². The lowest BCUT2D eigenvalue weighted by atomic mass is 9.87. The number of carbonyl (C=O) groups excluding carboxylic acids is 1. The molecule has 3 aliphatic carbocycles. The van der Waals surface area contributed by atoms with Crippen LogP contribution in [0.1, 0.15) is 30.5 Å². The molecule has 0 aromatic carbocycles. The summed E-state index contributed by atoms with van der Waals surface area (Å²) in [4.78, 5) is 23.2. The fraction of sp³-hybridized carbons (Fsp3) is 0.667. The number of amides is 1. The predicted molar refractivity (Wildman–Crippen MR) is 73.4 cm³/mol. The first-order chi connectivity index (χ1) is 10.1. The number of carboxylic acids is 1. The van der Waals surface area contributed by atoms with Crippen molar-refractivity contribution < 1.29 is 14.7 Å². The zero-order valence-electron chi connectivity index (χ0n) is 11.7. The molecule has 1 amide bonds. The first-order valence-electron chi connectivity index (χ1n) is 7.67. The Morgan fingerprint density at radius 1 is 1.33 bits per heavy atom. The lowest BCUT2D eigenvalue weighted by Gasteiger charge is -2.21. The third-order valence-electron chi connectivity index (χ3n) is 5.26. The molecule has 112 valence electrons. The lowest BCUT2D eigenvalue weighted by Crippen LogP contribution is -2.36. The molecule has 0 radical (unpaired) electrons. The topological polar surface area (TPSA) is 95.1 Å². The van der Waals surface area contributed by atoms with E-state index in [0.717, 1.165) is 43.4 Å². The smallest absolute Gasteiger partial charge is 0.306 e. The summed E-state index contributed by atoms with van der Waals surface area (Å²) in [5, 5.41) is 19.1. The summed E-state index contributed by atoms with van der Waals surface area (Å²) in [5.74, 6) is -0.00715. The summed E-state index contributed by atoms with van der Waals surface area (Å²) in [6, 6.07) is 0.206. The first-order valence-corrected chi connectivity index (χ1v) is 7.67. The van der Waals surface area contributed by atoms with E-state index in [1.807, 2.05) is 6.20 Å². The van der Waals surface area contributed by atoms with Gasteiger partial charge >= 0.3 is 5.97 Å². The number of nitrogens with zero attached hydrogens (tertiary/aromatic N) is 1. The van der Waals surface area contributed by atoms with Crippen LogP contribution >= 0.6 is 0 Å². The number of hydrogen-bond donors (Lipinski definition) is 3. The largest absolute Gasteiger partial charge is 0.481 e. The van der Waals surface area contributed by atoms with Gasteiger partial charge in [-0.25, -0.2) is 0 Å². The molecule has 3 aliphatic rings. The number of aliphatic carboxylic acids is 1. The third-order valence-corrected chi connectivity index (χ3v) is 5.26. The molecule has 6 heteroatoms. The van der Waals surface area contributed by atoms with E-state index in [0.29, 0.717) is 11.8 Å². The number of aromatic nitrogens is 2. The van der Waals surface area contributed by atoms with Gasteiger partial charge in [-0.1, -0.05) is 0 Å². The summed E-state index contributed by atoms with van der Waals surface area (Å²) in [6.07, 6.45) is 6.05. The third kappa shape index (κ3) is 2.32. The molecule has 1 aromatic rings. The zero-order valence-corrected chi connectivity index (χ0v) is 11.7. The number of aryl methyl sites for hydroxylation is 1. The van der Waals surface area contributed by atoms with Crippen LogP contribution in [-0.4, -0.2) is 33.2 Å². The van der Waals surface area contributed by atoms with Gasteiger partial charge in [0.25, 0.3) is 0 Å². The molecule has 1 heterocycles. The predicted octanol–water partition coefficient (Wildman–Crippen LogP) is 0.740. The van der Waals surface area contributed by atoms with Crippen molar-refractivity contribution in [3.05, 3.63) is 17.5 Å². The normalized spacial score (nSPS) is 36.7. The van der Waals surface area contributed by atoms with Gasteiger partial charge in [-0.15, -0.1) is 0 Å². The molecule has 1 aromatic heterocycles. The Morgan fingerprint density at radius 2 is 2.19 bits per heavy atom. The second-order valence-electron chi connectivity index (χ2n) is 6.67. The van der Waals surface area contributed by atoms with Crippen molar-refractivity contribution in [3.63, 3.8) is 0 Å². The molecule has 0 saturated heterocycles. The van der Waals surface area contributed by atoms with E-state index in [1.54, 1.807) is 0 Å². The quantitative estimate of drug-likeness (QED) is 0.762. The van der Waals surface area contributed by atoms with Crippen LogP contribution in [0.3, 0.4) is 0 Å². The van der Waals surface area contributed by atoms with Crippen molar-refractivity contribution in [1.82, 2.24) is 15.5 Å². The number of fused-ring (bicyclic) bond motifs is 1. The summed E-state index contributed by atoms with van der Waals surface area (Å²) in [7, 11) is 0. The van der Waals surface area contributed by atoms with Gasteiger partial charge in [0.1, 0.15) is 0 Å². The van der Waals surface area contributed by atoms with Crippen LogP contribution in [0.5, 0.6) is 0 Å². The molecule has 2 fully saturated rings. The minimum Gasteiger partial charge on any atom is -0.481 e. The van der Waals surface area contributed by atoms with Crippen molar-refractivity contribution in [2.24, 2.45) is 23.7 Å². The molecule has 0 aliphatic heterocycles. The summed E-state index contributed by atoms with van der Waals surface area (Å²) in [5.41, 5.74) is 2.31. The molecule has 21 heavy (non-hydrogen) atoms. The maximum absolute atomic E-state index is 12.3. The van der Waals surface area contributed by atoms with Gasteiger partial charge in [-0.3, -0.25) is 14.7 Å². The second-order valence-corrected chi connectivity index (χ2v) is 6.67. The summed E-state index contributed by atoms with van der Waals surface area (Å²) >= 11 is 0. The number of aromatic amines is 1. The molecule has 4 rings (SSSR count). The highest BCUT2D eigenvalue weighted by molar-refractivity contribution is 5.80. The highest BCUT2D eigenvalue weighted by Gasteiger charge is 2.57. The monoisotopic (exact) mass is 289 g/mol. The maximum atomic E-state index is 12.3. The van der Waals surface area contributed by atoms with Gasteiger partial charge in [0.2, 0.25) is 5.91 Å². The van der Waals surface area contributed by atoms with Crippen LogP contribution in [0.25, 0.3) is 0 Å².